The Morgan fingerprint density at radius 1 is 0.778 bits per heavy atom. The third kappa shape index (κ3) is 3.47. The van der Waals surface area contributed by atoms with Crippen LogP contribution in [0.4, 0.5) is 0 Å². The summed E-state index contributed by atoms with van der Waals surface area (Å²) in [5.74, 6) is 6.66. The average molecular weight is 351 g/mol. The number of fused-ring (bicyclic) bond motifs is 1. The summed E-state index contributed by atoms with van der Waals surface area (Å²) in [4.78, 5) is 0. The highest BCUT2D eigenvalue weighted by molar-refractivity contribution is 5.74. The molecule has 1 aromatic heterocycles. The molecule has 0 aliphatic heterocycles. The van der Waals surface area contributed by atoms with Crippen molar-refractivity contribution in [1.82, 2.24) is 15.0 Å². The quantitative estimate of drug-likeness (QED) is 0.491. The lowest BCUT2D eigenvalue weighted by molar-refractivity contribution is 0.346. The Morgan fingerprint density at radius 2 is 1.33 bits per heavy atom. The lowest BCUT2D eigenvalue weighted by Gasteiger charge is -2.30. The van der Waals surface area contributed by atoms with Gasteiger partial charge in [0.25, 0.3) is 0 Å². The molecule has 0 saturated heterocycles. The van der Waals surface area contributed by atoms with Crippen LogP contribution in [-0.2, 0) is 18.4 Å². The van der Waals surface area contributed by atoms with E-state index in [9.17, 15) is 0 Å². The second-order valence-electron chi connectivity index (χ2n) is 6.72. The standard InChI is InChI=1S/C24H21N3/c1-2-17-24(18-20-11-5-3-6-12-20,19-21-13-7-4-8-14-21)27-23-16-10-9-15-22(23)25-26-27/h3-16H,18-19H2,1H3. The van der Waals surface area contributed by atoms with Crippen LogP contribution in [0.3, 0.4) is 0 Å². The Bertz CT molecular complexity index is 1040. The van der Waals surface area contributed by atoms with Crippen molar-refractivity contribution in [3.05, 3.63) is 96.1 Å². The van der Waals surface area contributed by atoms with Gasteiger partial charge in [-0.2, -0.15) is 0 Å². The van der Waals surface area contributed by atoms with Gasteiger partial charge in [-0.15, -0.1) is 11.0 Å². The van der Waals surface area contributed by atoms with E-state index in [0.717, 1.165) is 23.9 Å². The van der Waals surface area contributed by atoms with E-state index < -0.39 is 5.54 Å². The van der Waals surface area contributed by atoms with Crippen LogP contribution in [0.1, 0.15) is 18.1 Å². The van der Waals surface area contributed by atoms with Gasteiger partial charge in [-0.05, 0) is 30.2 Å². The molecule has 4 aromatic rings. The minimum absolute atomic E-state index is 0.506. The first-order chi connectivity index (χ1) is 13.3. The van der Waals surface area contributed by atoms with Crippen molar-refractivity contribution in [3.8, 4) is 11.8 Å². The van der Waals surface area contributed by atoms with E-state index in [2.05, 4.69) is 76.8 Å². The normalized spacial score (nSPS) is 11.1. The van der Waals surface area contributed by atoms with Crippen LogP contribution in [0.2, 0.25) is 0 Å². The molecular weight excluding hydrogens is 330 g/mol. The summed E-state index contributed by atoms with van der Waals surface area (Å²) in [5, 5.41) is 8.94. The molecule has 3 aromatic carbocycles. The monoisotopic (exact) mass is 351 g/mol. The van der Waals surface area contributed by atoms with Crippen LogP contribution >= 0.6 is 0 Å². The maximum atomic E-state index is 4.54. The molecule has 0 aliphatic rings. The smallest absolute Gasteiger partial charge is 0.133 e. The maximum absolute atomic E-state index is 4.54. The molecule has 0 aliphatic carbocycles. The van der Waals surface area contributed by atoms with Crippen molar-refractivity contribution >= 4 is 11.0 Å². The Morgan fingerprint density at radius 3 is 1.93 bits per heavy atom. The molecule has 0 radical (unpaired) electrons. The predicted octanol–water partition coefficient (Wildman–Crippen LogP) is 4.64. The van der Waals surface area contributed by atoms with Crippen molar-refractivity contribution in [3.63, 3.8) is 0 Å². The molecule has 4 rings (SSSR count). The molecule has 0 unspecified atom stereocenters. The van der Waals surface area contributed by atoms with E-state index in [-0.39, 0.29) is 0 Å². The Kier molecular flexibility index (Phi) is 4.72. The zero-order valence-electron chi connectivity index (χ0n) is 15.3. The first-order valence-corrected chi connectivity index (χ1v) is 9.13. The van der Waals surface area contributed by atoms with Crippen molar-refractivity contribution in [2.24, 2.45) is 0 Å². The van der Waals surface area contributed by atoms with Gasteiger partial charge in [-0.25, -0.2) is 4.68 Å². The molecule has 0 atom stereocenters. The number of benzene rings is 3. The van der Waals surface area contributed by atoms with Gasteiger partial charge < -0.3 is 0 Å². The van der Waals surface area contributed by atoms with Crippen LogP contribution in [0.5, 0.6) is 0 Å². The van der Waals surface area contributed by atoms with Gasteiger partial charge in [0.1, 0.15) is 11.1 Å². The van der Waals surface area contributed by atoms with E-state index in [0.29, 0.717) is 0 Å². The van der Waals surface area contributed by atoms with Gasteiger partial charge >= 0.3 is 0 Å². The number of rotatable bonds is 5. The summed E-state index contributed by atoms with van der Waals surface area (Å²) < 4.78 is 2.01. The number of nitrogens with zero attached hydrogens (tertiary/aromatic N) is 3. The fraction of sp³-hybridized carbons (Fsp3) is 0.167. The van der Waals surface area contributed by atoms with Crippen LogP contribution in [-0.4, -0.2) is 15.0 Å². The van der Waals surface area contributed by atoms with Crippen LogP contribution in [0.15, 0.2) is 84.9 Å². The van der Waals surface area contributed by atoms with Gasteiger partial charge in [0, 0.05) is 12.8 Å². The summed E-state index contributed by atoms with van der Waals surface area (Å²) in [6.07, 6.45) is 1.52. The highest BCUT2D eigenvalue weighted by Gasteiger charge is 2.33. The molecule has 0 N–H and O–H groups in total. The summed E-state index contributed by atoms with van der Waals surface area (Å²) in [7, 11) is 0. The summed E-state index contributed by atoms with van der Waals surface area (Å²) >= 11 is 0. The lowest BCUT2D eigenvalue weighted by Crippen LogP contribution is -2.38. The third-order valence-corrected chi connectivity index (χ3v) is 4.79. The summed E-state index contributed by atoms with van der Waals surface area (Å²) in [5.41, 5.74) is 3.85. The van der Waals surface area contributed by atoms with Gasteiger partial charge in [-0.1, -0.05) is 83.9 Å². The van der Waals surface area contributed by atoms with Crippen LogP contribution < -0.4 is 0 Å². The second-order valence-corrected chi connectivity index (χ2v) is 6.72. The number of hydrogen-bond donors (Lipinski definition) is 0. The largest absolute Gasteiger partial charge is 0.226 e. The number of hydrogen-bond acceptors (Lipinski definition) is 2. The molecule has 0 bridgehead atoms. The lowest BCUT2D eigenvalue weighted by atomic mass is 9.85. The fourth-order valence-electron chi connectivity index (χ4n) is 3.64. The Labute approximate surface area is 159 Å². The molecule has 3 heteroatoms. The first kappa shape index (κ1) is 17.1. The van der Waals surface area contributed by atoms with E-state index in [1.165, 1.54) is 11.1 Å². The molecule has 132 valence electrons. The topological polar surface area (TPSA) is 30.7 Å². The van der Waals surface area contributed by atoms with E-state index in [1.54, 1.807) is 0 Å². The van der Waals surface area contributed by atoms with Crippen molar-refractivity contribution in [2.45, 2.75) is 25.3 Å². The van der Waals surface area contributed by atoms with E-state index in [1.807, 2.05) is 41.9 Å². The van der Waals surface area contributed by atoms with Gasteiger partial charge in [0.15, 0.2) is 0 Å². The van der Waals surface area contributed by atoms with Crippen LogP contribution in [0.25, 0.3) is 11.0 Å². The molecule has 1 heterocycles. The molecular formula is C24H21N3. The van der Waals surface area contributed by atoms with Gasteiger partial charge in [0.2, 0.25) is 0 Å². The van der Waals surface area contributed by atoms with Crippen LogP contribution in [0, 0.1) is 11.8 Å². The Hall–Kier alpha value is -3.38. The highest BCUT2D eigenvalue weighted by Crippen LogP contribution is 2.29. The highest BCUT2D eigenvalue weighted by atomic mass is 15.5. The predicted molar refractivity (Wildman–Crippen MR) is 109 cm³/mol. The molecule has 0 saturated carbocycles. The minimum Gasteiger partial charge on any atom is -0.226 e. The van der Waals surface area contributed by atoms with Gasteiger partial charge in [-0.3, -0.25) is 0 Å². The fourth-order valence-corrected chi connectivity index (χ4v) is 3.64. The van der Waals surface area contributed by atoms with Gasteiger partial charge in [0.05, 0.1) is 5.52 Å². The zero-order chi connectivity index (χ0) is 18.5. The maximum Gasteiger partial charge on any atom is 0.133 e. The second kappa shape index (κ2) is 7.47. The number of para-hydroxylation sites is 1. The average Bonchev–Trinajstić information content (AvgIpc) is 3.14. The number of aromatic nitrogens is 3. The SMILES string of the molecule is CC#CC(Cc1ccccc1)(Cc1ccccc1)n1nnc2ccccc21. The molecule has 0 fully saturated rings. The first-order valence-electron chi connectivity index (χ1n) is 9.13. The van der Waals surface area contributed by atoms with E-state index >= 15 is 0 Å². The van der Waals surface area contributed by atoms with E-state index in [4.69, 9.17) is 0 Å². The van der Waals surface area contributed by atoms with Crippen molar-refractivity contribution < 1.29 is 0 Å². The van der Waals surface area contributed by atoms with Crippen molar-refractivity contribution in [1.29, 1.82) is 0 Å². The minimum atomic E-state index is -0.506. The molecule has 0 spiro atoms. The molecule has 0 amide bonds. The third-order valence-electron chi connectivity index (χ3n) is 4.79. The summed E-state index contributed by atoms with van der Waals surface area (Å²) in [6.45, 7) is 1.89. The summed E-state index contributed by atoms with van der Waals surface area (Å²) in [6, 6.07) is 29.0. The molecule has 27 heavy (non-hydrogen) atoms. The zero-order valence-corrected chi connectivity index (χ0v) is 15.3. The molecule has 3 nitrogen and oxygen atoms in total. The van der Waals surface area contributed by atoms with Crippen molar-refractivity contribution in [2.75, 3.05) is 0 Å². The Balaban J connectivity index is 1.90.